The van der Waals surface area contributed by atoms with Crippen molar-refractivity contribution in [2.45, 2.75) is 24.9 Å². The summed E-state index contributed by atoms with van der Waals surface area (Å²) in [5, 5.41) is 3.25. The van der Waals surface area contributed by atoms with E-state index in [9.17, 15) is 9.18 Å². The minimum atomic E-state index is -0.387. The number of Topliss-reactive ketones (excluding diaryl/α,β-unsaturated/α-hetero) is 1. The number of ketones is 1. The van der Waals surface area contributed by atoms with Crippen LogP contribution in [0.3, 0.4) is 0 Å². The standard InChI is InChI=1S/C13H14FNO2/c14-9-1-2-12-10(7-9)11(16)8-13(17-12)3-5-15-6-4-13/h1-2,7,15H,3-6,8H2. The van der Waals surface area contributed by atoms with Crippen LogP contribution in [0.25, 0.3) is 0 Å². The number of fused-ring (bicyclic) bond motifs is 1. The van der Waals surface area contributed by atoms with Crippen LogP contribution >= 0.6 is 0 Å². The molecule has 4 heteroatoms. The number of piperidine rings is 1. The zero-order valence-corrected chi connectivity index (χ0v) is 9.46. The molecule has 2 heterocycles. The van der Waals surface area contributed by atoms with Crippen LogP contribution in [0.5, 0.6) is 5.75 Å². The normalized spacial score (nSPS) is 22.1. The van der Waals surface area contributed by atoms with E-state index in [-0.39, 0.29) is 17.2 Å². The average molecular weight is 235 g/mol. The zero-order valence-electron chi connectivity index (χ0n) is 9.46. The molecule has 17 heavy (non-hydrogen) atoms. The lowest BCUT2D eigenvalue weighted by molar-refractivity contribution is 0.0186. The van der Waals surface area contributed by atoms with Crippen molar-refractivity contribution >= 4 is 5.78 Å². The molecule has 0 atom stereocenters. The van der Waals surface area contributed by atoms with Gasteiger partial charge in [0.1, 0.15) is 17.2 Å². The summed E-state index contributed by atoms with van der Waals surface area (Å²) in [4.78, 5) is 12.0. The summed E-state index contributed by atoms with van der Waals surface area (Å²) in [5.74, 6) is 0.138. The van der Waals surface area contributed by atoms with Gasteiger partial charge < -0.3 is 10.1 Å². The maximum Gasteiger partial charge on any atom is 0.170 e. The lowest BCUT2D eigenvalue weighted by Gasteiger charge is -2.40. The summed E-state index contributed by atoms with van der Waals surface area (Å²) in [6.07, 6.45) is 2.02. The zero-order chi connectivity index (χ0) is 11.9. The SMILES string of the molecule is O=C1CC2(CCNCC2)Oc2ccc(F)cc21. The van der Waals surface area contributed by atoms with Crippen LogP contribution in [0.15, 0.2) is 18.2 Å². The van der Waals surface area contributed by atoms with E-state index in [1.165, 1.54) is 12.1 Å². The Balaban J connectivity index is 1.97. The smallest absolute Gasteiger partial charge is 0.170 e. The Hall–Kier alpha value is -1.42. The second-order valence-electron chi connectivity index (χ2n) is 4.78. The van der Waals surface area contributed by atoms with Gasteiger partial charge in [0.05, 0.1) is 12.0 Å². The molecular formula is C13H14FNO2. The lowest BCUT2D eigenvalue weighted by Crippen LogP contribution is -2.49. The maximum atomic E-state index is 13.1. The first-order valence-corrected chi connectivity index (χ1v) is 5.91. The molecule has 0 aromatic heterocycles. The summed E-state index contributed by atoms with van der Waals surface area (Å²) in [7, 11) is 0. The van der Waals surface area contributed by atoms with Crippen molar-refractivity contribution in [2.24, 2.45) is 0 Å². The summed E-state index contributed by atoms with van der Waals surface area (Å²) in [6.45, 7) is 1.73. The third-order valence-electron chi connectivity index (χ3n) is 3.57. The first-order chi connectivity index (χ1) is 8.19. The van der Waals surface area contributed by atoms with Gasteiger partial charge in [0.25, 0.3) is 0 Å². The molecule has 1 fully saturated rings. The molecule has 0 aliphatic carbocycles. The van der Waals surface area contributed by atoms with Gasteiger partial charge in [-0.15, -0.1) is 0 Å². The number of benzene rings is 1. The highest BCUT2D eigenvalue weighted by molar-refractivity contribution is 6.00. The van der Waals surface area contributed by atoms with Crippen molar-refractivity contribution in [3.8, 4) is 5.75 Å². The molecule has 2 aliphatic rings. The maximum absolute atomic E-state index is 13.1. The third kappa shape index (κ3) is 1.82. The summed E-state index contributed by atoms with van der Waals surface area (Å²) < 4.78 is 19.0. The summed E-state index contributed by atoms with van der Waals surface area (Å²) in [6, 6.07) is 4.17. The summed E-state index contributed by atoms with van der Waals surface area (Å²) in [5.41, 5.74) is 0.0156. The highest BCUT2D eigenvalue weighted by atomic mass is 19.1. The third-order valence-corrected chi connectivity index (χ3v) is 3.57. The number of hydrogen-bond acceptors (Lipinski definition) is 3. The number of hydrogen-bond donors (Lipinski definition) is 1. The quantitative estimate of drug-likeness (QED) is 0.746. The number of nitrogens with one attached hydrogen (secondary N) is 1. The first kappa shape index (κ1) is 10.7. The van der Waals surface area contributed by atoms with Crippen molar-refractivity contribution in [3.05, 3.63) is 29.6 Å². The van der Waals surface area contributed by atoms with Gasteiger partial charge in [-0.25, -0.2) is 4.39 Å². The molecule has 0 radical (unpaired) electrons. The van der Waals surface area contributed by atoms with Gasteiger partial charge in [0.15, 0.2) is 5.78 Å². The molecule has 1 spiro atoms. The van der Waals surface area contributed by atoms with Crippen LogP contribution in [-0.2, 0) is 0 Å². The second kappa shape index (κ2) is 3.81. The Morgan fingerprint density at radius 1 is 1.29 bits per heavy atom. The Labute approximate surface area is 99.0 Å². The van der Waals surface area contributed by atoms with Crippen molar-refractivity contribution in [2.75, 3.05) is 13.1 Å². The average Bonchev–Trinajstić information content (AvgIpc) is 2.31. The van der Waals surface area contributed by atoms with Crippen LogP contribution < -0.4 is 10.1 Å². The largest absolute Gasteiger partial charge is 0.486 e. The number of carbonyl (C=O) groups excluding carboxylic acids is 1. The van der Waals surface area contributed by atoms with E-state index in [2.05, 4.69) is 5.32 Å². The van der Waals surface area contributed by atoms with E-state index < -0.39 is 0 Å². The predicted octanol–water partition coefficient (Wildman–Crippen LogP) is 1.91. The molecule has 1 saturated heterocycles. The molecule has 0 unspecified atom stereocenters. The fraction of sp³-hybridized carbons (Fsp3) is 0.462. The monoisotopic (exact) mass is 235 g/mol. The fourth-order valence-corrected chi connectivity index (χ4v) is 2.63. The van der Waals surface area contributed by atoms with Gasteiger partial charge in [0, 0.05) is 12.8 Å². The van der Waals surface area contributed by atoms with Crippen LogP contribution in [0, 0.1) is 5.82 Å². The van der Waals surface area contributed by atoms with Gasteiger partial charge in [0.2, 0.25) is 0 Å². The van der Waals surface area contributed by atoms with E-state index in [0.717, 1.165) is 25.9 Å². The molecule has 0 amide bonds. The van der Waals surface area contributed by atoms with Crippen molar-refractivity contribution in [1.82, 2.24) is 5.32 Å². The first-order valence-electron chi connectivity index (χ1n) is 5.91. The van der Waals surface area contributed by atoms with E-state index in [1.54, 1.807) is 6.07 Å². The predicted molar refractivity (Wildman–Crippen MR) is 60.8 cm³/mol. The van der Waals surface area contributed by atoms with E-state index in [1.807, 2.05) is 0 Å². The van der Waals surface area contributed by atoms with Crippen LogP contribution in [0.1, 0.15) is 29.6 Å². The molecular weight excluding hydrogens is 221 g/mol. The fourth-order valence-electron chi connectivity index (χ4n) is 2.63. The van der Waals surface area contributed by atoms with Crippen LogP contribution in [0.4, 0.5) is 4.39 Å². The molecule has 2 aliphatic heterocycles. The molecule has 90 valence electrons. The van der Waals surface area contributed by atoms with Crippen molar-refractivity contribution < 1.29 is 13.9 Å². The molecule has 3 rings (SSSR count). The highest BCUT2D eigenvalue weighted by Crippen LogP contribution is 2.38. The Kier molecular flexibility index (Phi) is 2.40. The Morgan fingerprint density at radius 2 is 2.06 bits per heavy atom. The van der Waals surface area contributed by atoms with Gasteiger partial charge in [-0.1, -0.05) is 0 Å². The van der Waals surface area contributed by atoms with Crippen molar-refractivity contribution in [3.63, 3.8) is 0 Å². The minimum Gasteiger partial charge on any atom is -0.486 e. The van der Waals surface area contributed by atoms with Gasteiger partial charge in [-0.05, 0) is 31.3 Å². The van der Waals surface area contributed by atoms with E-state index >= 15 is 0 Å². The molecule has 1 aromatic carbocycles. The molecule has 1 aromatic rings. The minimum absolute atomic E-state index is 0.00681. The van der Waals surface area contributed by atoms with Gasteiger partial charge in [-0.2, -0.15) is 0 Å². The number of rotatable bonds is 0. The molecule has 0 saturated carbocycles. The second-order valence-corrected chi connectivity index (χ2v) is 4.78. The molecule has 3 nitrogen and oxygen atoms in total. The number of carbonyl (C=O) groups is 1. The molecule has 1 N–H and O–H groups in total. The van der Waals surface area contributed by atoms with E-state index in [4.69, 9.17) is 4.74 Å². The number of ether oxygens (including phenoxy) is 1. The van der Waals surface area contributed by atoms with E-state index in [0.29, 0.717) is 17.7 Å². The van der Waals surface area contributed by atoms with Crippen LogP contribution in [-0.4, -0.2) is 24.5 Å². The Morgan fingerprint density at radius 3 is 2.82 bits per heavy atom. The molecule has 0 bridgehead atoms. The Bertz CT molecular complexity index is 466. The topological polar surface area (TPSA) is 38.3 Å². The summed E-state index contributed by atoms with van der Waals surface area (Å²) >= 11 is 0. The van der Waals surface area contributed by atoms with Crippen LogP contribution in [0.2, 0.25) is 0 Å². The highest BCUT2D eigenvalue weighted by Gasteiger charge is 2.41. The van der Waals surface area contributed by atoms with Crippen molar-refractivity contribution in [1.29, 1.82) is 0 Å². The van der Waals surface area contributed by atoms with Gasteiger partial charge >= 0.3 is 0 Å². The number of halogens is 1. The lowest BCUT2D eigenvalue weighted by atomic mass is 9.83. The van der Waals surface area contributed by atoms with Gasteiger partial charge in [-0.3, -0.25) is 4.79 Å².